The van der Waals surface area contributed by atoms with E-state index < -0.39 is 0 Å². The summed E-state index contributed by atoms with van der Waals surface area (Å²) in [6.45, 7) is 0. The lowest BCUT2D eigenvalue weighted by Crippen LogP contribution is -2.10. The quantitative estimate of drug-likeness (QED) is 0.645. The Hall–Kier alpha value is -0.650. The lowest BCUT2D eigenvalue weighted by atomic mass is 10.1. The van der Waals surface area contributed by atoms with E-state index in [0.717, 1.165) is 29.7 Å². The van der Waals surface area contributed by atoms with E-state index in [-0.39, 0.29) is 28.4 Å². The second-order valence-corrected chi connectivity index (χ2v) is 4.23. The molecule has 0 amide bonds. The van der Waals surface area contributed by atoms with Gasteiger partial charge in [0.25, 0.3) is 0 Å². The minimum Gasteiger partial charge on any atom is -0.324 e. The van der Waals surface area contributed by atoms with E-state index in [4.69, 9.17) is 5.73 Å². The van der Waals surface area contributed by atoms with E-state index in [2.05, 4.69) is 0 Å². The normalized spacial score (nSPS) is 17.2. The molecule has 2 N–H and O–H groups in total. The minimum atomic E-state index is -0.367. The zero-order chi connectivity index (χ0) is 9.42. The summed E-state index contributed by atoms with van der Waals surface area (Å²) >= 11 is 1.15. The number of nitro groups is 1. The van der Waals surface area contributed by atoms with Gasteiger partial charge in [-0.2, -0.15) is 0 Å². The molecule has 0 bridgehead atoms. The Morgan fingerprint density at radius 3 is 2.71 bits per heavy atom. The molecule has 0 aromatic carbocycles. The van der Waals surface area contributed by atoms with E-state index >= 15 is 0 Å². The summed E-state index contributed by atoms with van der Waals surface area (Å²) in [5.74, 6) is 0.550. The monoisotopic (exact) mass is 234 g/mol. The van der Waals surface area contributed by atoms with Crippen LogP contribution in [0.25, 0.3) is 0 Å². The van der Waals surface area contributed by atoms with Crippen molar-refractivity contribution < 1.29 is 4.92 Å². The highest BCUT2D eigenvalue weighted by atomic mass is 35.5. The van der Waals surface area contributed by atoms with Crippen molar-refractivity contribution in [1.29, 1.82) is 0 Å². The number of thiophene rings is 1. The first kappa shape index (κ1) is 11.4. The smallest absolute Gasteiger partial charge is 0.324 e. The molecule has 78 valence electrons. The molecule has 0 unspecified atom stereocenters. The van der Waals surface area contributed by atoms with E-state index in [0.29, 0.717) is 5.92 Å². The maximum Gasteiger partial charge on any atom is 0.324 e. The van der Waals surface area contributed by atoms with Crippen LogP contribution in [0.3, 0.4) is 0 Å². The fraction of sp³-hybridized carbons (Fsp3) is 0.500. The van der Waals surface area contributed by atoms with Gasteiger partial charge in [-0.25, -0.2) is 0 Å². The van der Waals surface area contributed by atoms with Crippen LogP contribution in [0, 0.1) is 16.0 Å². The Labute approximate surface area is 91.7 Å². The Kier molecular flexibility index (Phi) is 3.47. The zero-order valence-electron chi connectivity index (χ0n) is 7.38. The molecule has 1 atom stereocenters. The Balaban J connectivity index is 0.000000980. The van der Waals surface area contributed by atoms with Crippen LogP contribution in [0.15, 0.2) is 11.4 Å². The molecule has 1 heterocycles. The molecule has 4 nitrogen and oxygen atoms in total. The van der Waals surface area contributed by atoms with Gasteiger partial charge in [0.15, 0.2) is 0 Å². The Morgan fingerprint density at radius 2 is 2.29 bits per heavy atom. The maximum absolute atomic E-state index is 10.4. The molecule has 2 rings (SSSR count). The van der Waals surface area contributed by atoms with Gasteiger partial charge in [0.2, 0.25) is 0 Å². The third kappa shape index (κ3) is 2.23. The number of hydrogen-bond acceptors (Lipinski definition) is 4. The van der Waals surface area contributed by atoms with E-state index in [1.54, 1.807) is 11.4 Å². The van der Waals surface area contributed by atoms with Crippen molar-refractivity contribution in [2.24, 2.45) is 11.7 Å². The van der Waals surface area contributed by atoms with Crippen molar-refractivity contribution in [3.8, 4) is 0 Å². The number of nitrogens with zero attached hydrogens (tertiary/aromatic N) is 1. The molecule has 1 fully saturated rings. The van der Waals surface area contributed by atoms with Gasteiger partial charge in [0.1, 0.15) is 0 Å². The molecule has 0 spiro atoms. The standard InChI is InChI=1S/C8H10N2O2S.ClH/c9-8(5-1-2-5)6-3-7(10(11)12)13-4-6;/h3-5,8H,1-2,9H2;1H/t8-;/m1./s1. The number of nitrogens with two attached hydrogens (primary N) is 1. The highest BCUT2D eigenvalue weighted by Crippen LogP contribution is 2.41. The molecule has 1 aromatic rings. The van der Waals surface area contributed by atoms with Crippen molar-refractivity contribution in [3.63, 3.8) is 0 Å². The lowest BCUT2D eigenvalue weighted by molar-refractivity contribution is -0.380. The summed E-state index contributed by atoms with van der Waals surface area (Å²) in [5.41, 5.74) is 6.81. The highest BCUT2D eigenvalue weighted by Gasteiger charge is 2.30. The predicted molar refractivity (Wildman–Crippen MR) is 57.9 cm³/mol. The number of halogens is 1. The first-order chi connectivity index (χ1) is 6.18. The molecule has 6 heteroatoms. The van der Waals surface area contributed by atoms with Crippen molar-refractivity contribution >= 4 is 28.7 Å². The molecular formula is C8H11ClN2O2S. The van der Waals surface area contributed by atoms with Crippen molar-refractivity contribution in [2.45, 2.75) is 18.9 Å². The molecule has 1 aliphatic carbocycles. The van der Waals surface area contributed by atoms with Crippen molar-refractivity contribution in [3.05, 3.63) is 27.1 Å². The largest absolute Gasteiger partial charge is 0.324 e. The molecular weight excluding hydrogens is 224 g/mol. The molecule has 14 heavy (non-hydrogen) atoms. The van der Waals surface area contributed by atoms with Crippen molar-refractivity contribution in [2.75, 3.05) is 0 Å². The van der Waals surface area contributed by atoms with Crippen LogP contribution in [-0.2, 0) is 0 Å². The van der Waals surface area contributed by atoms with E-state index in [1.165, 1.54) is 0 Å². The second-order valence-electron chi connectivity index (χ2n) is 3.34. The van der Waals surface area contributed by atoms with Crippen LogP contribution >= 0.6 is 23.7 Å². The van der Waals surface area contributed by atoms with Crippen molar-refractivity contribution in [1.82, 2.24) is 0 Å². The van der Waals surface area contributed by atoms with Crippen LogP contribution in [0.2, 0.25) is 0 Å². The van der Waals surface area contributed by atoms with Gasteiger partial charge in [-0.3, -0.25) is 10.1 Å². The fourth-order valence-electron chi connectivity index (χ4n) is 1.34. The molecule has 1 saturated carbocycles. The zero-order valence-corrected chi connectivity index (χ0v) is 9.01. The Bertz CT molecular complexity index is 338. The van der Waals surface area contributed by atoms with Gasteiger partial charge in [-0.05, 0) is 24.3 Å². The molecule has 0 radical (unpaired) electrons. The summed E-state index contributed by atoms with van der Waals surface area (Å²) in [6.07, 6.45) is 2.32. The SMILES string of the molecule is Cl.N[C@@H](c1csc([N+](=O)[O-])c1)C1CC1. The highest BCUT2D eigenvalue weighted by molar-refractivity contribution is 7.13. The van der Waals surface area contributed by atoms with Crippen LogP contribution in [0.1, 0.15) is 24.4 Å². The number of rotatable bonds is 3. The average Bonchev–Trinajstić information content (AvgIpc) is 2.81. The van der Waals surface area contributed by atoms with E-state index in [9.17, 15) is 10.1 Å². The average molecular weight is 235 g/mol. The van der Waals surface area contributed by atoms with E-state index in [1.807, 2.05) is 0 Å². The van der Waals surface area contributed by atoms with Gasteiger partial charge in [0, 0.05) is 17.5 Å². The predicted octanol–water partition coefficient (Wildman–Crippen LogP) is 2.49. The minimum absolute atomic E-state index is 0. The molecule has 1 aromatic heterocycles. The fourth-order valence-corrected chi connectivity index (χ4v) is 2.11. The summed E-state index contributed by atoms with van der Waals surface area (Å²) in [5, 5.41) is 12.4. The third-order valence-corrected chi connectivity index (χ3v) is 3.20. The first-order valence-corrected chi connectivity index (χ1v) is 5.05. The maximum atomic E-state index is 10.4. The molecule has 0 saturated heterocycles. The van der Waals surface area contributed by atoms with Gasteiger partial charge >= 0.3 is 5.00 Å². The first-order valence-electron chi connectivity index (χ1n) is 4.17. The third-order valence-electron chi connectivity index (χ3n) is 2.30. The van der Waals surface area contributed by atoms with Crippen LogP contribution in [0.4, 0.5) is 5.00 Å². The summed E-state index contributed by atoms with van der Waals surface area (Å²) in [4.78, 5) is 10.0. The van der Waals surface area contributed by atoms with Crippen LogP contribution in [0.5, 0.6) is 0 Å². The van der Waals surface area contributed by atoms with Gasteiger partial charge < -0.3 is 5.73 Å². The second kappa shape index (κ2) is 4.25. The lowest BCUT2D eigenvalue weighted by Gasteiger charge is -2.05. The Morgan fingerprint density at radius 1 is 1.64 bits per heavy atom. The molecule has 0 aliphatic heterocycles. The van der Waals surface area contributed by atoms with Crippen LogP contribution < -0.4 is 5.73 Å². The summed E-state index contributed by atoms with van der Waals surface area (Å²) < 4.78 is 0. The van der Waals surface area contributed by atoms with Gasteiger partial charge in [0.05, 0.1) is 4.92 Å². The van der Waals surface area contributed by atoms with Gasteiger partial charge in [-0.1, -0.05) is 11.3 Å². The topological polar surface area (TPSA) is 69.2 Å². The summed E-state index contributed by atoms with van der Waals surface area (Å²) in [6, 6.07) is 1.60. The van der Waals surface area contributed by atoms with Crippen LogP contribution in [-0.4, -0.2) is 4.92 Å². The summed E-state index contributed by atoms with van der Waals surface area (Å²) in [7, 11) is 0. The molecule has 1 aliphatic rings. The number of hydrogen-bond donors (Lipinski definition) is 1. The van der Waals surface area contributed by atoms with Gasteiger partial charge in [-0.15, -0.1) is 12.4 Å².